The van der Waals surface area contributed by atoms with Crippen molar-refractivity contribution in [1.82, 2.24) is 35.4 Å². The molecule has 2 aromatic heterocycles. The van der Waals surface area contributed by atoms with E-state index in [4.69, 9.17) is 14.2 Å². The number of nitrogens with zero attached hydrogens (tertiary/aromatic N) is 5. The molecule has 0 bridgehead atoms. The highest BCUT2D eigenvalue weighted by Crippen LogP contribution is 2.27. The Labute approximate surface area is 224 Å². The number of carbonyl (C=O) groups excluding carboxylic acids is 1. The fourth-order valence-corrected chi connectivity index (χ4v) is 4.49. The van der Waals surface area contributed by atoms with Crippen molar-refractivity contribution < 1.29 is 23.4 Å². The molecule has 2 aromatic carbocycles. The average molecular weight is 536 g/mol. The molecule has 0 atom stereocenters. The second kappa shape index (κ2) is 11.6. The summed E-state index contributed by atoms with van der Waals surface area (Å²) in [6, 6.07) is 9.21. The van der Waals surface area contributed by atoms with Gasteiger partial charge >= 0.3 is 0 Å². The summed E-state index contributed by atoms with van der Waals surface area (Å²) in [4.78, 5) is 13.3. The van der Waals surface area contributed by atoms with Crippen molar-refractivity contribution in [3.8, 4) is 17.2 Å². The first-order valence-corrected chi connectivity index (χ1v) is 12.5. The Morgan fingerprint density at radius 2 is 2.10 bits per heavy atom. The molecule has 0 unspecified atom stereocenters. The highest BCUT2D eigenvalue weighted by atomic mass is 19.1. The molecule has 204 valence electrons. The molecular weight excluding hydrogens is 505 g/mol. The maximum absolute atomic E-state index is 15.3. The summed E-state index contributed by atoms with van der Waals surface area (Å²) in [5.74, 6) is -0.0580. The first kappa shape index (κ1) is 26.3. The van der Waals surface area contributed by atoms with Gasteiger partial charge in [-0.15, -0.1) is 5.10 Å². The van der Waals surface area contributed by atoms with Crippen LogP contribution in [0, 0.1) is 12.7 Å². The van der Waals surface area contributed by atoms with E-state index in [9.17, 15) is 4.79 Å². The summed E-state index contributed by atoms with van der Waals surface area (Å²) < 4.78 is 34.7. The minimum atomic E-state index is -0.585. The highest BCUT2D eigenvalue weighted by molar-refractivity contribution is 5.95. The van der Waals surface area contributed by atoms with E-state index in [1.807, 2.05) is 12.1 Å². The number of hydrogen-bond acceptors (Lipinski definition) is 8. The summed E-state index contributed by atoms with van der Waals surface area (Å²) >= 11 is 0. The molecule has 1 aliphatic rings. The number of benzene rings is 2. The molecule has 0 aliphatic carbocycles. The van der Waals surface area contributed by atoms with E-state index >= 15 is 4.39 Å². The van der Waals surface area contributed by atoms with Crippen molar-refractivity contribution in [2.75, 3.05) is 27.4 Å². The van der Waals surface area contributed by atoms with Crippen LogP contribution >= 0.6 is 0 Å². The SMILES string of the molecule is COCc1nn(Cc2ccc3c(c2)CNCCO3)cc1C(=O)NCc1c(-n2cc(C)nn2)ccc(OC)c1F. The molecule has 0 saturated heterocycles. The second-order valence-corrected chi connectivity index (χ2v) is 9.15. The Bertz CT molecular complexity index is 1480. The lowest BCUT2D eigenvalue weighted by Crippen LogP contribution is -2.25. The van der Waals surface area contributed by atoms with Crippen molar-refractivity contribution in [3.05, 3.63) is 82.2 Å². The van der Waals surface area contributed by atoms with Crippen LogP contribution in [0.2, 0.25) is 0 Å². The van der Waals surface area contributed by atoms with Crippen LogP contribution in [0.25, 0.3) is 5.69 Å². The van der Waals surface area contributed by atoms with Gasteiger partial charge in [0, 0.05) is 44.1 Å². The number of halogens is 1. The summed E-state index contributed by atoms with van der Waals surface area (Å²) in [5.41, 5.74) is 4.26. The Morgan fingerprint density at radius 3 is 2.87 bits per heavy atom. The number of nitrogens with one attached hydrogen (secondary N) is 2. The number of aromatic nitrogens is 5. The van der Waals surface area contributed by atoms with Gasteiger partial charge in [-0.2, -0.15) is 5.10 Å². The van der Waals surface area contributed by atoms with Crippen molar-refractivity contribution in [2.24, 2.45) is 0 Å². The Kier molecular flexibility index (Phi) is 7.84. The third-order valence-corrected chi connectivity index (χ3v) is 6.37. The number of hydrogen-bond donors (Lipinski definition) is 2. The molecule has 0 spiro atoms. The van der Waals surface area contributed by atoms with Gasteiger partial charge in [0.05, 0.1) is 43.4 Å². The zero-order valence-corrected chi connectivity index (χ0v) is 22.0. The number of methoxy groups -OCH3 is 2. The number of rotatable bonds is 9. The highest BCUT2D eigenvalue weighted by Gasteiger charge is 2.21. The maximum Gasteiger partial charge on any atom is 0.255 e. The second-order valence-electron chi connectivity index (χ2n) is 9.15. The molecule has 0 fully saturated rings. The van der Waals surface area contributed by atoms with E-state index in [2.05, 4.69) is 32.1 Å². The summed E-state index contributed by atoms with van der Waals surface area (Å²) in [5, 5.41) is 18.8. The van der Waals surface area contributed by atoms with Gasteiger partial charge in [-0.25, -0.2) is 9.07 Å². The fourth-order valence-electron chi connectivity index (χ4n) is 4.49. The summed E-state index contributed by atoms with van der Waals surface area (Å²) in [6.07, 6.45) is 3.35. The third kappa shape index (κ3) is 5.76. The molecule has 0 radical (unpaired) electrons. The van der Waals surface area contributed by atoms with Crippen LogP contribution in [0.4, 0.5) is 4.39 Å². The first-order chi connectivity index (χ1) is 19.0. The van der Waals surface area contributed by atoms with Crippen LogP contribution in [-0.2, 0) is 31.0 Å². The van der Waals surface area contributed by atoms with E-state index in [1.165, 1.54) is 25.0 Å². The Balaban J connectivity index is 1.37. The summed E-state index contributed by atoms with van der Waals surface area (Å²) in [7, 11) is 2.93. The molecule has 11 nitrogen and oxygen atoms in total. The topological polar surface area (TPSA) is 117 Å². The van der Waals surface area contributed by atoms with Gasteiger partial charge in [0.15, 0.2) is 11.6 Å². The van der Waals surface area contributed by atoms with Crippen molar-refractivity contribution >= 4 is 5.91 Å². The number of carbonyl (C=O) groups is 1. The zero-order chi connectivity index (χ0) is 27.4. The molecule has 4 aromatic rings. The molecular formula is C27H30FN7O4. The normalized spacial score (nSPS) is 12.9. The van der Waals surface area contributed by atoms with Crippen LogP contribution in [0.1, 0.15) is 38.4 Å². The van der Waals surface area contributed by atoms with Crippen molar-refractivity contribution in [3.63, 3.8) is 0 Å². The van der Waals surface area contributed by atoms with E-state index in [-0.39, 0.29) is 24.5 Å². The van der Waals surface area contributed by atoms with Gasteiger partial charge in [0.1, 0.15) is 18.1 Å². The van der Waals surface area contributed by atoms with E-state index in [0.29, 0.717) is 35.8 Å². The van der Waals surface area contributed by atoms with Crippen LogP contribution in [-0.4, -0.2) is 58.1 Å². The minimum absolute atomic E-state index is 0.0640. The van der Waals surface area contributed by atoms with Gasteiger partial charge in [-0.3, -0.25) is 9.48 Å². The van der Waals surface area contributed by atoms with Gasteiger partial charge in [0.2, 0.25) is 0 Å². The van der Waals surface area contributed by atoms with Gasteiger partial charge in [0.25, 0.3) is 5.91 Å². The molecule has 3 heterocycles. The average Bonchev–Trinajstić information content (AvgIpc) is 3.46. The smallest absolute Gasteiger partial charge is 0.255 e. The number of fused-ring (bicyclic) bond motifs is 1. The molecule has 1 aliphatic heterocycles. The zero-order valence-electron chi connectivity index (χ0n) is 22.0. The molecule has 12 heteroatoms. The molecule has 39 heavy (non-hydrogen) atoms. The third-order valence-electron chi connectivity index (χ3n) is 6.37. The van der Waals surface area contributed by atoms with Gasteiger partial charge in [-0.1, -0.05) is 11.3 Å². The molecule has 1 amide bonds. The monoisotopic (exact) mass is 535 g/mol. The lowest BCUT2D eigenvalue weighted by atomic mass is 10.1. The first-order valence-electron chi connectivity index (χ1n) is 12.5. The van der Waals surface area contributed by atoms with Gasteiger partial charge in [-0.05, 0) is 36.8 Å². The van der Waals surface area contributed by atoms with E-state index in [0.717, 1.165) is 30.0 Å². The van der Waals surface area contributed by atoms with Crippen LogP contribution in [0.5, 0.6) is 11.5 Å². The van der Waals surface area contributed by atoms with Crippen LogP contribution in [0.3, 0.4) is 0 Å². The number of amides is 1. The quantitative estimate of drug-likeness (QED) is 0.336. The van der Waals surface area contributed by atoms with Crippen LogP contribution in [0.15, 0.2) is 42.7 Å². The Morgan fingerprint density at radius 1 is 1.23 bits per heavy atom. The Hall–Kier alpha value is -4.29. The van der Waals surface area contributed by atoms with Crippen molar-refractivity contribution in [2.45, 2.75) is 33.2 Å². The molecule has 2 N–H and O–H groups in total. The predicted molar refractivity (Wildman–Crippen MR) is 139 cm³/mol. The summed E-state index contributed by atoms with van der Waals surface area (Å²) in [6.45, 7) is 4.43. The van der Waals surface area contributed by atoms with E-state index in [1.54, 1.807) is 30.1 Å². The van der Waals surface area contributed by atoms with Crippen LogP contribution < -0.4 is 20.1 Å². The lowest BCUT2D eigenvalue weighted by Gasteiger charge is -2.14. The molecule has 5 rings (SSSR count). The number of ether oxygens (including phenoxy) is 3. The minimum Gasteiger partial charge on any atom is -0.494 e. The molecule has 0 saturated carbocycles. The number of aryl methyl sites for hydroxylation is 1. The lowest BCUT2D eigenvalue weighted by molar-refractivity contribution is 0.0945. The maximum atomic E-state index is 15.3. The fraction of sp³-hybridized carbons (Fsp3) is 0.333. The standard InChI is InChI=1S/C27H30FN7O4/c1-17-13-35(33-31-17)23-5-7-25(38-3)26(28)20(23)12-30-27(36)21-15-34(32-22(21)16-37-2)14-18-4-6-24-19(10-18)11-29-8-9-39-24/h4-7,10,13,15,29H,8-9,11-12,14,16H2,1-3H3,(H,30,36). The largest absolute Gasteiger partial charge is 0.494 e. The van der Waals surface area contributed by atoms with E-state index < -0.39 is 11.7 Å². The van der Waals surface area contributed by atoms with Gasteiger partial charge < -0.3 is 24.8 Å². The predicted octanol–water partition coefficient (Wildman–Crippen LogP) is 2.53. The van der Waals surface area contributed by atoms with Crippen molar-refractivity contribution in [1.29, 1.82) is 0 Å².